The van der Waals surface area contributed by atoms with Gasteiger partial charge in [-0.3, -0.25) is 0 Å². The van der Waals surface area contributed by atoms with Crippen LogP contribution in [0, 0.1) is 0 Å². The fourth-order valence-corrected chi connectivity index (χ4v) is 3.47. The summed E-state index contributed by atoms with van der Waals surface area (Å²) in [5.41, 5.74) is 0. The molecule has 0 aromatic heterocycles. The van der Waals surface area contributed by atoms with Gasteiger partial charge in [-0.15, -0.1) is 0 Å². The van der Waals surface area contributed by atoms with Crippen LogP contribution in [0.5, 0.6) is 0 Å². The summed E-state index contributed by atoms with van der Waals surface area (Å²) < 4.78 is 27.8. The molecule has 1 aliphatic heterocycles. The van der Waals surface area contributed by atoms with Gasteiger partial charge in [0, 0.05) is 18.6 Å². The Labute approximate surface area is 86.9 Å². The fraction of sp³-hybridized carbons (Fsp3) is 1.00. The molecule has 1 atom stereocenters. The molecule has 1 saturated heterocycles. The average Bonchev–Trinajstić information content (AvgIpc) is 2.02. The quantitative estimate of drug-likeness (QED) is 0.774. The predicted molar refractivity (Wildman–Crippen MR) is 57.2 cm³/mol. The Hall–Kier alpha value is -0.130. The summed E-state index contributed by atoms with van der Waals surface area (Å²) >= 11 is 0. The molecule has 1 rings (SSSR count). The van der Waals surface area contributed by atoms with Crippen molar-refractivity contribution in [2.24, 2.45) is 0 Å². The minimum Gasteiger partial charge on any atom is -0.200 e. The van der Waals surface area contributed by atoms with E-state index >= 15 is 0 Å². The van der Waals surface area contributed by atoms with E-state index < -0.39 is 10.2 Å². The Morgan fingerprint density at radius 3 is 2.50 bits per heavy atom. The van der Waals surface area contributed by atoms with Crippen molar-refractivity contribution in [3.05, 3.63) is 0 Å². The highest BCUT2D eigenvalue weighted by molar-refractivity contribution is 7.87. The van der Waals surface area contributed by atoms with E-state index in [2.05, 4.69) is 4.72 Å². The summed E-state index contributed by atoms with van der Waals surface area (Å²) in [5, 5.41) is 0. The van der Waals surface area contributed by atoms with Crippen LogP contribution in [-0.2, 0) is 10.2 Å². The van der Waals surface area contributed by atoms with Gasteiger partial charge in [0.25, 0.3) is 10.2 Å². The van der Waals surface area contributed by atoms with E-state index in [1.165, 1.54) is 0 Å². The second kappa shape index (κ2) is 4.59. The highest BCUT2D eigenvalue weighted by Gasteiger charge is 2.29. The topological polar surface area (TPSA) is 49.4 Å². The van der Waals surface area contributed by atoms with Crippen LogP contribution in [0.3, 0.4) is 0 Å². The minimum absolute atomic E-state index is 0.0332. The second-order valence-electron chi connectivity index (χ2n) is 4.23. The zero-order valence-electron chi connectivity index (χ0n) is 9.16. The molecule has 0 saturated carbocycles. The van der Waals surface area contributed by atoms with Gasteiger partial charge < -0.3 is 0 Å². The monoisotopic (exact) mass is 220 g/mol. The van der Waals surface area contributed by atoms with Gasteiger partial charge in [0.2, 0.25) is 0 Å². The first kappa shape index (κ1) is 11.9. The van der Waals surface area contributed by atoms with Crippen molar-refractivity contribution in [1.29, 1.82) is 0 Å². The van der Waals surface area contributed by atoms with Crippen LogP contribution in [0.15, 0.2) is 0 Å². The van der Waals surface area contributed by atoms with Crippen molar-refractivity contribution in [3.63, 3.8) is 0 Å². The van der Waals surface area contributed by atoms with Gasteiger partial charge in [-0.1, -0.05) is 6.42 Å². The molecule has 1 fully saturated rings. The molecule has 0 aromatic rings. The van der Waals surface area contributed by atoms with Crippen molar-refractivity contribution >= 4 is 10.2 Å². The molecule has 14 heavy (non-hydrogen) atoms. The lowest BCUT2D eigenvalue weighted by molar-refractivity contribution is 0.264. The zero-order valence-corrected chi connectivity index (χ0v) is 9.97. The number of piperidine rings is 1. The maximum Gasteiger partial charge on any atom is 0.279 e. The van der Waals surface area contributed by atoms with Crippen LogP contribution < -0.4 is 4.72 Å². The highest BCUT2D eigenvalue weighted by Crippen LogP contribution is 2.19. The number of nitrogens with one attached hydrogen (secondary N) is 1. The van der Waals surface area contributed by atoms with Crippen molar-refractivity contribution in [3.8, 4) is 0 Å². The molecule has 0 aromatic carbocycles. The summed E-state index contributed by atoms with van der Waals surface area (Å²) in [6, 6.07) is 0.106. The first-order valence-electron chi connectivity index (χ1n) is 5.22. The van der Waals surface area contributed by atoms with Gasteiger partial charge in [0.1, 0.15) is 0 Å². The van der Waals surface area contributed by atoms with Crippen LogP contribution >= 0.6 is 0 Å². The Morgan fingerprint density at radius 1 is 1.36 bits per heavy atom. The van der Waals surface area contributed by atoms with E-state index in [1.54, 1.807) is 4.31 Å². The van der Waals surface area contributed by atoms with E-state index in [9.17, 15) is 8.42 Å². The molecular formula is C9H20N2O2S. The van der Waals surface area contributed by atoms with Crippen LogP contribution in [0.2, 0.25) is 0 Å². The Balaban J connectivity index is 2.70. The zero-order chi connectivity index (χ0) is 10.8. The second-order valence-corrected chi connectivity index (χ2v) is 5.89. The number of hydrogen-bond donors (Lipinski definition) is 1. The van der Waals surface area contributed by atoms with E-state index in [0.717, 1.165) is 19.3 Å². The third kappa shape index (κ3) is 2.93. The molecule has 0 aliphatic carbocycles. The SMILES string of the molecule is CC(C)NS(=O)(=O)N1CCCCC1C. The molecular weight excluding hydrogens is 200 g/mol. The predicted octanol–water partition coefficient (Wildman–Crippen LogP) is 1.10. The summed E-state index contributed by atoms with van der Waals surface area (Å²) in [4.78, 5) is 0. The molecule has 0 amide bonds. The molecule has 1 aliphatic rings. The van der Waals surface area contributed by atoms with Crippen molar-refractivity contribution in [2.75, 3.05) is 6.54 Å². The van der Waals surface area contributed by atoms with Crippen LogP contribution in [0.4, 0.5) is 0 Å². The molecule has 1 unspecified atom stereocenters. The summed E-state index contributed by atoms with van der Waals surface area (Å²) in [6.07, 6.45) is 3.08. The van der Waals surface area contributed by atoms with Crippen molar-refractivity contribution in [2.45, 2.75) is 52.1 Å². The molecule has 5 heteroatoms. The number of hydrogen-bond acceptors (Lipinski definition) is 2. The summed E-state index contributed by atoms with van der Waals surface area (Å²) in [7, 11) is -3.25. The third-order valence-electron chi connectivity index (χ3n) is 2.44. The molecule has 0 bridgehead atoms. The Morgan fingerprint density at radius 2 is 2.00 bits per heavy atom. The third-order valence-corrected chi connectivity index (χ3v) is 4.36. The van der Waals surface area contributed by atoms with Gasteiger partial charge >= 0.3 is 0 Å². The number of nitrogens with zero attached hydrogens (tertiary/aromatic N) is 1. The molecule has 0 radical (unpaired) electrons. The van der Waals surface area contributed by atoms with Crippen LogP contribution in [0.1, 0.15) is 40.0 Å². The lowest BCUT2D eigenvalue weighted by Gasteiger charge is -2.32. The van der Waals surface area contributed by atoms with Gasteiger partial charge in [0.15, 0.2) is 0 Å². The standard InChI is InChI=1S/C9H20N2O2S/c1-8(2)10-14(12,13)11-7-5-4-6-9(11)3/h8-10H,4-7H2,1-3H3. The normalized spacial score (nSPS) is 25.6. The first-order chi connectivity index (χ1) is 6.43. The lowest BCUT2D eigenvalue weighted by Crippen LogP contribution is -2.49. The van der Waals surface area contributed by atoms with Crippen LogP contribution in [-0.4, -0.2) is 31.4 Å². The van der Waals surface area contributed by atoms with Crippen molar-refractivity contribution < 1.29 is 8.42 Å². The van der Waals surface area contributed by atoms with E-state index in [4.69, 9.17) is 0 Å². The molecule has 84 valence electrons. The van der Waals surface area contributed by atoms with E-state index in [1.807, 2.05) is 20.8 Å². The Bertz CT molecular complexity index is 275. The van der Waals surface area contributed by atoms with Gasteiger partial charge in [-0.2, -0.15) is 17.4 Å². The molecule has 4 nitrogen and oxygen atoms in total. The first-order valence-corrected chi connectivity index (χ1v) is 6.66. The molecule has 1 heterocycles. The largest absolute Gasteiger partial charge is 0.279 e. The van der Waals surface area contributed by atoms with Gasteiger partial charge in [-0.05, 0) is 33.6 Å². The smallest absolute Gasteiger partial charge is 0.200 e. The highest BCUT2D eigenvalue weighted by atomic mass is 32.2. The lowest BCUT2D eigenvalue weighted by atomic mass is 10.1. The fourth-order valence-electron chi connectivity index (χ4n) is 1.79. The number of rotatable bonds is 3. The van der Waals surface area contributed by atoms with E-state index in [-0.39, 0.29) is 12.1 Å². The summed E-state index contributed by atoms with van der Waals surface area (Å²) in [5.74, 6) is 0. The molecule has 1 N–H and O–H groups in total. The van der Waals surface area contributed by atoms with Gasteiger partial charge in [-0.25, -0.2) is 0 Å². The van der Waals surface area contributed by atoms with E-state index in [0.29, 0.717) is 6.54 Å². The maximum atomic E-state index is 11.8. The summed E-state index contributed by atoms with van der Waals surface area (Å²) in [6.45, 7) is 6.31. The maximum absolute atomic E-state index is 11.8. The minimum atomic E-state index is -3.25. The average molecular weight is 220 g/mol. The molecule has 0 spiro atoms. The van der Waals surface area contributed by atoms with Crippen molar-refractivity contribution in [1.82, 2.24) is 9.03 Å². The van der Waals surface area contributed by atoms with Crippen LogP contribution in [0.25, 0.3) is 0 Å². The van der Waals surface area contributed by atoms with Gasteiger partial charge in [0.05, 0.1) is 0 Å². The Kier molecular flexibility index (Phi) is 3.92.